The first kappa shape index (κ1) is 14.5. The van der Waals surface area contributed by atoms with E-state index in [0.717, 1.165) is 12.8 Å². The van der Waals surface area contributed by atoms with Gasteiger partial charge in [-0.1, -0.05) is 0 Å². The van der Waals surface area contributed by atoms with Crippen LogP contribution in [0.3, 0.4) is 0 Å². The Labute approximate surface area is 106 Å². The summed E-state index contributed by atoms with van der Waals surface area (Å²) in [6.07, 6.45) is 1.49. The van der Waals surface area contributed by atoms with Gasteiger partial charge >= 0.3 is 12.1 Å². The molecular formula is C12H19NO5. The van der Waals surface area contributed by atoms with Crippen molar-refractivity contribution in [2.24, 2.45) is 0 Å². The number of likely N-dealkylation sites (tertiary alicyclic amines) is 1. The number of methoxy groups -OCH3 is 1. The molecule has 0 aromatic heterocycles. The molecule has 1 aliphatic heterocycles. The Morgan fingerprint density at radius 2 is 2.00 bits per heavy atom. The zero-order valence-corrected chi connectivity index (χ0v) is 10.8. The van der Waals surface area contributed by atoms with Gasteiger partial charge in [0, 0.05) is 6.54 Å². The topological polar surface area (TPSA) is 72.9 Å². The number of rotatable bonds is 4. The van der Waals surface area contributed by atoms with Gasteiger partial charge in [-0.3, -0.25) is 14.5 Å². The number of carbonyl (C=O) groups excluding carboxylic acids is 3. The second-order valence-electron chi connectivity index (χ2n) is 4.12. The first-order valence-electron chi connectivity index (χ1n) is 6.13. The number of ether oxygens (including phenoxy) is 2. The van der Waals surface area contributed by atoms with Gasteiger partial charge in [-0.05, 0) is 26.2 Å². The first-order chi connectivity index (χ1) is 8.60. The van der Waals surface area contributed by atoms with E-state index in [1.807, 2.05) is 0 Å². The standard InChI is InChI=1S/C12H19NO5/c1-3-18-11(15)8-10(14)9-6-4-5-7-13(9)12(16)17-2/h9H,3-8H2,1-2H3. The molecule has 0 aliphatic carbocycles. The largest absolute Gasteiger partial charge is 0.466 e. The fourth-order valence-corrected chi connectivity index (χ4v) is 2.07. The third kappa shape index (κ3) is 3.72. The highest BCUT2D eigenvalue weighted by Gasteiger charge is 2.33. The number of nitrogens with zero attached hydrogens (tertiary/aromatic N) is 1. The van der Waals surface area contributed by atoms with Gasteiger partial charge in [-0.25, -0.2) is 4.79 Å². The minimum Gasteiger partial charge on any atom is -0.466 e. The van der Waals surface area contributed by atoms with Crippen molar-refractivity contribution in [3.8, 4) is 0 Å². The lowest BCUT2D eigenvalue weighted by Crippen LogP contribution is -2.48. The van der Waals surface area contributed by atoms with E-state index in [4.69, 9.17) is 4.74 Å². The van der Waals surface area contributed by atoms with E-state index in [1.165, 1.54) is 12.0 Å². The van der Waals surface area contributed by atoms with Crippen LogP contribution in [-0.2, 0) is 19.1 Å². The van der Waals surface area contributed by atoms with Crippen molar-refractivity contribution in [3.05, 3.63) is 0 Å². The summed E-state index contributed by atoms with van der Waals surface area (Å²) in [6.45, 7) is 2.42. The fourth-order valence-electron chi connectivity index (χ4n) is 2.07. The first-order valence-corrected chi connectivity index (χ1v) is 6.13. The molecule has 0 spiro atoms. The summed E-state index contributed by atoms with van der Waals surface area (Å²) in [4.78, 5) is 36.2. The highest BCUT2D eigenvalue weighted by molar-refractivity contribution is 5.99. The number of carbonyl (C=O) groups is 3. The maximum absolute atomic E-state index is 12.0. The van der Waals surface area contributed by atoms with Crippen LogP contribution in [0.4, 0.5) is 4.79 Å². The summed E-state index contributed by atoms with van der Waals surface area (Å²) in [5.74, 6) is -0.823. The Balaban J connectivity index is 2.62. The molecule has 0 aromatic rings. The average Bonchev–Trinajstić information content (AvgIpc) is 2.38. The van der Waals surface area contributed by atoms with Gasteiger partial charge in [0.25, 0.3) is 0 Å². The Morgan fingerprint density at radius 3 is 2.61 bits per heavy atom. The van der Waals surface area contributed by atoms with E-state index in [-0.39, 0.29) is 18.8 Å². The highest BCUT2D eigenvalue weighted by atomic mass is 16.5. The lowest BCUT2D eigenvalue weighted by atomic mass is 9.97. The molecular weight excluding hydrogens is 238 g/mol. The van der Waals surface area contributed by atoms with Gasteiger partial charge in [0.1, 0.15) is 6.42 Å². The molecule has 1 atom stereocenters. The minimum absolute atomic E-state index is 0.248. The van der Waals surface area contributed by atoms with Crippen molar-refractivity contribution in [2.75, 3.05) is 20.3 Å². The lowest BCUT2D eigenvalue weighted by molar-refractivity contribution is -0.146. The summed E-state index contributed by atoms with van der Waals surface area (Å²) >= 11 is 0. The van der Waals surface area contributed by atoms with E-state index in [2.05, 4.69) is 4.74 Å². The van der Waals surface area contributed by atoms with E-state index in [9.17, 15) is 14.4 Å². The molecule has 18 heavy (non-hydrogen) atoms. The zero-order valence-electron chi connectivity index (χ0n) is 10.8. The molecule has 0 saturated carbocycles. The number of hydrogen-bond acceptors (Lipinski definition) is 5. The third-order valence-corrected chi connectivity index (χ3v) is 2.91. The number of amides is 1. The Bertz CT molecular complexity index is 328. The number of hydrogen-bond donors (Lipinski definition) is 0. The van der Waals surface area contributed by atoms with Crippen LogP contribution in [0.15, 0.2) is 0 Å². The van der Waals surface area contributed by atoms with E-state index in [0.29, 0.717) is 13.0 Å². The van der Waals surface area contributed by atoms with Crippen LogP contribution in [-0.4, -0.2) is 49.0 Å². The predicted molar refractivity (Wildman–Crippen MR) is 63.0 cm³/mol. The molecule has 1 unspecified atom stereocenters. The molecule has 6 heteroatoms. The zero-order chi connectivity index (χ0) is 13.5. The Hall–Kier alpha value is -1.59. The van der Waals surface area contributed by atoms with Crippen LogP contribution in [0.25, 0.3) is 0 Å². The van der Waals surface area contributed by atoms with Crippen molar-refractivity contribution in [2.45, 2.75) is 38.6 Å². The second kappa shape index (κ2) is 6.98. The van der Waals surface area contributed by atoms with Crippen molar-refractivity contribution >= 4 is 17.8 Å². The van der Waals surface area contributed by atoms with Crippen molar-refractivity contribution in [1.29, 1.82) is 0 Å². The molecule has 1 amide bonds. The van der Waals surface area contributed by atoms with Gasteiger partial charge in [-0.2, -0.15) is 0 Å². The normalized spacial score (nSPS) is 19.2. The maximum atomic E-state index is 12.0. The molecule has 1 aliphatic rings. The van der Waals surface area contributed by atoms with Crippen LogP contribution >= 0.6 is 0 Å². The average molecular weight is 257 g/mol. The molecule has 102 valence electrons. The van der Waals surface area contributed by atoms with Crippen LogP contribution in [0.2, 0.25) is 0 Å². The minimum atomic E-state index is -0.560. The monoisotopic (exact) mass is 257 g/mol. The number of Topliss-reactive ketones (excluding diaryl/α,β-unsaturated/α-hetero) is 1. The van der Waals surface area contributed by atoms with E-state index >= 15 is 0 Å². The van der Waals surface area contributed by atoms with E-state index in [1.54, 1.807) is 6.92 Å². The molecule has 0 N–H and O–H groups in total. The number of piperidine rings is 1. The van der Waals surface area contributed by atoms with Gasteiger partial charge in [0.2, 0.25) is 0 Å². The van der Waals surface area contributed by atoms with Crippen molar-refractivity contribution < 1.29 is 23.9 Å². The quantitative estimate of drug-likeness (QED) is 0.557. The summed E-state index contributed by atoms with van der Waals surface area (Å²) in [5.41, 5.74) is 0. The molecule has 1 saturated heterocycles. The molecule has 1 rings (SSSR count). The predicted octanol–water partition coefficient (Wildman–Crippen LogP) is 1.13. The van der Waals surface area contributed by atoms with Crippen molar-refractivity contribution in [1.82, 2.24) is 4.90 Å². The molecule has 0 aromatic carbocycles. The summed E-state index contributed by atoms with van der Waals surface area (Å²) in [7, 11) is 1.28. The van der Waals surface area contributed by atoms with Gasteiger partial charge < -0.3 is 9.47 Å². The summed E-state index contributed by atoms with van der Waals surface area (Å²) in [6, 6.07) is -0.560. The summed E-state index contributed by atoms with van der Waals surface area (Å²) in [5, 5.41) is 0. The summed E-state index contributed by atoms with van der Waals surface area (Å²) < 4.78 is 9.37. The number of esters is 1. The molecule has 0 radical (unpaired) electrons. The maximum Gasteiger partial charge on any atom is 0.410 e. The molecule has 0 bridgehead atoms. The Morgan fingerprint density at radius 1 is 1.28 bits per heavy atom. The molecule has 1 fully saturated rings. The van der Waals surface area contributed by atoms with Gasteiger partial charge in [-0.15, -0.1) is 0 Å². The van der Waals surface area contributed by atoms with Crippen LogP contribution in [0, 0.1) is 0 Å². The highest BCUT2D eigenvalue weighted by Crippen LogP contribution is 2.19. The lowest BCUT2D eigenvalue weighted by Gasteiger charge is -2.33. The van der Waals surface area contributed by atoms with E-state index < -0.39 is 18.1 Å². The van der Waals surface area contributed by atoms with Crippen LogP contribution in [0.1, 0.15) is 32.6 Å². The van der Waals surface area contributed by atoms with Crippen LogP contribution < -0.4 is 0 Å². The van der Waals surface area contributed by atoms with Gasteiger partial charge in [0.05, 0.1) is 19.8 Å². The third-order valence-electron chi connectivity index (χ3n) is 2.91. The smallest absolute Gasteiger partial charge is 0.410 e. The SMILES string of the molecule is CCOC(=O)CC(=O)C1CCCCN1C(=O)OC. The second-order valence-corrected chi connectivity index (χ2v) is 4.12. The van der Waals surface area contributed by atoms with Gasteiger partial charge in [0.15, 0.2) is 5.78 Å². The molecule has 6 nitrogen and oxygen atoms in total. The Kier molecular flexibility index (Phi) is 5.61. The van der Waals surface area contributed by atoms with Crippen LogP contribution in [0.5, 0.6) is 0 Å². The molecule has 1 heterocycles. The fraction of sp³-hybridized carbons (Fsp3) is 0.750. The number of ketones is 1. The van der Waals surface area contributed by atoms with Crippen molar-refractivity contribution in [3.63, 3.8) is 0 Å².